The van der Waals surface area contributed by atoms with Gasteiger partial charge in [0, 0.05) is 6.08 Å². The zero-order valence-corrected chi connectivity index (χ0v) is 15.7. The zero-order valence-electron chi connectivity index (χ0n) is 15.7. The molecule has 0 aliphatic heterocycles. The summed E-state index contributed by atoms with van der Waals surface area (Å²) in [7, 11) is 0. The van der Waals surface area contributed by atoms with Gasteiger partial charge < -0.3 is 0 Å². The highest BCUT2D eigenvalue weighted by atomic mass is 14.3. The summed E-state index contributed by atoms with van der Waals surface area (Å²) < 4.78 is 0. The van der Waals surface area contributed by atoms with Crippen LogP contribution in [0.4, 0.5) is 0 Å². The van der Waals surface area contributed by atoms with E-state index >= 15 is 0 Å². The number of unbranched alkanes of at least 4 members (excludes halogenated alkanes) is 1. The second kappa shape index (κ2) is 12.1. The van der Waals surface area contributed by atoms with Crippen LogP contribution in [-0.2, 0) is 6.42 Å². The van der Waals surface area contributed by atoms with Crippen LogP contribution in [0.25, 0.3) is 0 Å². The van der Waals surface area contributed by atoms with Gasteiger partial charge in [0.25, 0.3) is 0 Å². The molecule has 26 heavy (non-hydrogen) atoms. The molecule has 1 aliphatic carbocycles. The van der Waals surface area contributed by atoms with Crippen molar-refractivity contribution in [3.63, 3.8) is 0 Å². The van der Waals surface area contributed by atoms with E-state index in [1.54, 1.807) is 0 Å². The van der Waals surface area contributed by atoms with Crippen molar-refractivity contribution < 1.29 is 0 Å². The molecule has 1 aromatic carbocycles. The van der Waals surface area contributed by atoms with Gasteiger partial charge in [-0.2, -0.15) is 10.5 Å². The normalized spacial score (nSPS) is 20.2. The van der Waals surface area contributed by atoms with E-state index in [-0.39, 0.29) is 0 Å². The Labute approximate surface area is 158 Å². The van der Waals surface area contributed by atoms with E-state index in [1.165, 1.54) is 63.0 Å². The second-order valence-electron chi connectivity index (χ2n) is 7.43. The first kappa shape index (κ1) is 20.0. The summed E-state index contributed by atoms with van der Waals surface area (Å²) in [6, 6.07) is 12.2. The fourth-order valence-corrected chi connectivity index (χ4v) is 3.92. The lowest BCUT2D eigenvalue weighted by Gasteiger charge is -2.28. The fraction of sp³-hybridized carbons (Fsp3) is 0.500. The van der Waals surface area contributed by atoms with Crippen LogP contribution in [0.1, 0.15) is 68.9 Å². The molecule has 1 saturated carbocycles. The van der Waals surface area contributed by atoms with Gasteiger partial charge >= 0.3 is 0 Å². The highest BCUT2D eigenvalue weighted by molar-refractivity contribution is 5.31. The Morgan fingerprint density at radius 3 is 2.23 bits per heavy atom. The van der Waals surface area contributed by atoms with Crippen LogP contribution in [0.5, 0.6) is 0 Å². The minimum absolute atomic E-state index is 0.750. The smallest absolute Gasteiger partial charge is 0.0991 e. The summed E-state index contributed by atoms with van der Waals surface area (Å²) in [6.45, 7) is 0. The first-order chi connectivity index (χ1) is 12.8. The van der Waals surface area contributed by atoms with Gasteiger partial charge in [-0.3, -0.25) is 0 Å². The molecule has 1 aromatic rings. The average Bonchev–Trinajstić information content (AvgIpc) is 2.69. The third-order valence-electron chi connectivity index (χ3n) is 5.54. The number of hydrogen-bond donors (Lipinski definition) is 0. The van der Waals surface area contributed by atoms with E-state index in [0.717, 1.165) is 30.2 Å². The minimum Gasteiger partial charge on any atom is -0.193 e. The van der Waals surface area contributed by atoms with Crippen molar-refractivity contribution >= 4 is 0 Å². The van der Waals surface area contributed by atoms with Crippen molar-refractivity contribution in [2.45, 2.75) is 64.2 Å². The SMILES string of the molecule is N#CC=CC=CCC[C@H]1CC[C@H](CCCCc2ccc(C#N)cc2)CC1. The molecule has 0 radical (unpaired) electrons. The summed E-state index contributed by atoms with van der Waals surface area (Å²) in [5, 5.41) is 17.3. The van der Waals surface area contributed by atoms with Gasteiger partial charge in [0.05, 0.1) is 17.7 Å². The molecule has 0 atom stereocenters. The lowest BCUT2D eigenvalue weighted by atomic mass is 9.78. The van der Waals surface area contributed by atoms with Crippen LogP contribution in [-0.4, -0.2) is 0 Å². The largest absolute Gasteiger partial charge is 0.193 e. The molecule has 136 valence electrons. The predicted octanol–water partition coefficient (Wildman–Crippen LogP) is 6.49. The predicted molar refractivity (Wildman–Crippen MR) is 107 cm³/mol. The van der Waals surface area contributed by atoms with Crippen molar-refractivity contribution in [3.05, 3.63) is 59.7 Å². The van der Waals surface area contributed by atoms with Gasteiger partial charge in [-0.25, -0.2) is 0 Å². The van der Waals surface area contributed by atoms with Crippen LogP contribution in [0.3, 0.4) is 0 Å². The van der Waals surface area contributed by atoms with E-state index in [2.05, 4.69) is 24.3 Å². The van der Waals surface area contributed by atoms with Gasteiger partial charge in [-0.15, -0.1) is 0 Å². The molecule has 0 saturated heterocycles. The van der Waals surface area contributed by atoms with Gasteiger partial charge in [0.15, 0.2) is 0 Å². The number of aryl methyl sites for hydroxylation is 1. The number of nitriles is 2. The van der Waals surface area contributed by atoms with Crippen molar-refractivity contribution in [2.75, 3.05) is 0 Å². The highest BCUT2D eigenvalue weighted by Gasteiger charge is 2.20. The summed E-state index contributed by atoms with van der Waals surface area (Å²) >= 11 is 0. The Bertz CT molecular complexity index is 647. The topological polar surface area (TPSA) is 47.6 Å². The third kappa shape index (κ3) is 7.71. The lowest BCUT2D eigenvalue weighted by molar-refractivity contribution is 0.250. The Hall–Kier alpha value is -2.32. The van der Waals surface area contributed by atoms with E-state index in [4.69, 9.17) is 10.5 Å². The van der Waals surface area contributed by atoms with Gasteiger partial charge in [0.1, 0.15) is 0 Å². The van der Waals surface area contributed by atoms with E-state index in [0.29, 0.717) is 0 Å². The zero-order chi connectivity index (χ0) is 18.5. The van der Waals surface area contributed by atoms with Crippen LogP contribution in [0.2, 0.25) is 0 Å². The first-order valence-electron chi connectivity index (χ1n) is 10.0. The van der Waals surface area contributed by atoms with Gasteiger partial charge in [-0.1, -0.05) is 68.9 Å². The molecule has 0 bridgehead atoms. The maximum Gasteiger partial charge on any atom is 0.0991 e. The van der Waals surface area contributed by atoms with Crippen LogP contribution in [0.15, 0.2) is 48.6 Å². The standard InChI is InChI=1S/C24H30N2/c25-19-7-3-1-2-4-8-21-11-13-22(14-12-21)9-5-6-10-23-15-17-24(20-26)18-16-23/h1-3,7,15-18,21-22H,4-6,8-14H2/t21-,22-. The van der Waals surface area contributed by atoms with Crippen LogP contribution >= 0.6 is 0 Å². The van der Waals surface area contributed by atoms with Crippen molar-refractivity contribution in [1.82, 2.24) is 0 Å². The molecule has 0 heterocycles. The first-order valence-corrected chi connectivity index (χ1v) is 10.0. The van der Waals surface area contributed by atoms with E-state index in [1.807, 2.05) is 30.4 Å². The molecule has 1 fully saturated rings. The Balaban J connectivity index is 1.53. The Morgan fingerprint density at radius 2 is 1.58 bits per heavy atom. The summed E-state index contributed by atoms with van der Waals surface area (Å²) in [5.41, 5.74) is 2.10. The molecule has 2 nitrogen and oxygen atoms in total. The second-order valence-corrected chi connectivity index (χ2v) is 7.43. The lowest BCUT2D eigenvalue weighted by Crippen LogP contribution is -2.14. The van der Waals surface area contributed by atoms with Crippen LogP contribution < -0.4 is 0 Å². The summed E-state index contributed by atoms with van der Waals surface area (Å²) in [4.78, 5) is 0. The van der Waals surface area contributed by atoms with Crippen molar-refractivity contribution in [3.8, 4) is 12.1 Å². The minimum atomic E-state index is 0.750. The molecular formula is C24H30N2. The fourth-order valence-electron chi connectivity index (χ4n) is 3.92. The van der Waals surface area contributed by atoms with E-state index in [9.17, 15) is 0 Å². The maximum atomic E-state index is 8.83. The Morgan fingerprint density at radius 1 is 0.885 bits per heavy atom. The molecule has 0 aromatic heterocycles. The third-order valence-corrected chi connectivity index (χ3v) is 5.54. The molecule has 0 spiro atoms. The molecule has 0 unspecified atom stereocenters. The highest BCUT2D eigenvalue weighted by Crippen LogP contribution is 2.34. The number of benzene rings is 1. The molecule has 1 aliphatic rings. The number of hydrogen-bond acceptors (Lipinski definition) is 2. The maximum absolute atomic E-state index is 8.83. The van der Waals surface area contributed by atoms with Crippen LogP contribution in [0, 0.1) is 34.5 Å². The molecular weight excluding hydrogens is 316 g/mol. The van der Waals surface area contributed by atoms with Crippen molar-refractivity contribution in [1.29, 1.82) is 10.5 Å². The quantitative estimate of drug-likeness (QED) is 0.291. The summed E-state index contributed by atoms with van der Waals surface area (Å²) in [5.74, 6) is 1.83. The molecule has 0 amide bonds. The summed E-state index contributed by atoms with van der Waals surface area (Å²) in [6.07, 6.45) is 20.6. The molecule has 2 rings (SSSR count). The monoisotopic (exact) mass is 346 g/mol. The molecule has 2 heteroatoms. The number of allylic oxidation sites excluding steroid dienone is 4. The molecule has 0 N–H and O–H groups in total. The van der Waals surface area contributed by atoms with Crippen molar-refractivity contribution in [2.24, 2.45) is 11.8 Å². The average molecular weight is 347 g/mol. The van der Waals surface area contributed by atoms with Gasteiger partial charge in [0.2, 0.25) is 0 Å². The van der Waals surface area contributed by atoms with Gasteiger partial charge in [-0.05, 0) is 55.2 Å². The number of nitrogens with zero attached hydrogens (tertiary/aromatic N) is 2. The Kier molecular flexibility index (Phi) is 9.31. The van der Waals surface area contributed by atoms with E-state index < -0.39 is 0 Å². The number of rotatable bonds is 9.